The second-order valence-corrected chi connectivity index (χ2v) is 8.67. The van der Waals surface area contributed by atoms with E-state index in [1.54, 1.807) is 13.2 Å². The van der Waals surface area contributed by atoms with E-state index in [9.17, 15) is 9.59 Å². The molecule has 2 amide bonds. The van der Waals surface area contributed by atoms with Gasteiger partial charge in [0.15, 0.2) is 0 Å². The van der Waals surface area contributed by atoms with Crippen molar-refractivity contribution in [3.05, 3.63) is 22.7 Å². The normalized spacial score (nSPS) is 20.9. The van der Waals surface area contributed by atoms with Gasteiger partial charge in [-0.05, 0) is 50.8 Å². The number of methoxy groups -OCH3 is 1. The number of nitrogens with one attached hydrogen (secondary N) is 2. The minimum Gasteiger partial charge on any atom is -0.495 e. The molecule has 1 aliphatic heterocycles. The van der Waals surface area contributed by atoms with Crippen LogP contribution < -0.4 is 15.4 Å². The van der Waals surface area contributed by atoms with Crippen LogP contribution in [0.1, 0.15) is 50.5 Å². The van der Waals surface area contributed by atoms with Crippen molar-refractivity contribution in [2.75, 3.05) is 32.1 Å². The van der Waals surface area contributed by atoms with Crippen LogP contribution in [0.5, 0.6) is 5.75 Å². The first-order valence-corrected chi connectivity index (χ1v) is 11.0. The molecule has 3 rings (SSSR count). The largest absolute Gasteiger partial charge is 0.495 e. The van der Waals surface area contributed by atoms with E-state index in [2.05, 4.69) is 15.5 Å². The quantitative estimate of drug-likeness (QED) is 0.733. The SMILES string of the molecule is COc1cc(Cl)c(C)cc1NC(=O)CN1CCCC(C(=O)NC2CCCCC2)C1. The lowest BCUT2D eigenvalue weighted by Gasteiger charge is -2.33. The molecule has 2 fully saturated rings. The zero-order valence-corrected chi connectivity index (χ0v) is 18.2. The van der Waals surface area contributed by atoms with E-state index in [1.165, 1.54) is 19.3 Å². The van der Waals surface area contributed by atoms with Crippen molar-refractivity contribution in [3.8, 4) is 5.75 Å². The van der Waals surface area contributed by atoms with Gasteiger partial charge in [-0.3, -0.25) is 14.5 Å². The fraction of sp³-hybridized carbons (Fsp3) is 0.636. The maximum absolute atomic E-state index is 12.7. The molecule has 1 heterocycles. The lowest BCUT2D eigenvalue weighted by Crippen LogP contribution is -2.47. The molecule has 2 aliphatic rings. The monoisotopic (exact) mass is 421 g/mol. The van der Waals surface area contributed by atoms with E-state index in [4.69, 9.17) is 16.3 Å². The average molecular weight is 422 g/mol. The molecule has 2 N–H and O–H groups in total. The molecule has 7 heteroatoms. The van der Waals surface area contributed by atoms with Crippen LogP contribution in [0.4, 0.5) is 5.69 Å². The van der Waals surface area contributed by atoms with Gasteiger partial charge in [-0.15, -0.1) is 0 Å². The van der Waals surface area contributed by atoms with Crippen LogP contribution in [0, 0.1) is 12.8 Å². The highest BCUT2D eigenvalue weighted by molar-refractivity contribution is 6.31. The smallest absolute Gasteiger partial charge is 0.238 e. The van der Waals surface area contributed by atoms with Gasteiger partial charge in [0.05, 0.1) is 25.3 Å². The third-order valence-corrected chi connectivity index (χ3v) is 6.36. The Kier molecular flexibility index (Phi) is 7.78. The van der Waals surface area contributed by atoms with Gasteiger partial charge in [-0.1, -0.05) is 30.9 Å². The first-order valence-electron chi connectivity index (χ1n) is 10.6. The fourth-order valence-corrected chi connectivity index (χ4v) is 4.46. The summed E-state index contributed by atoms with van der Waals surface area (Å²) in [5.41, 5.74) is 1.49. The van der Waals surface area contributed by atoms with Crippen LogP contribution in [0.3, 0.4) is 0 Å². The van der Waals surface area contributed by atoms with Gasteiger partial charge in [0.1, 0.15) is 5.75 Å². The Morgan fingerprint density at radius 3 is 2.66 bits per heavy atom. The van der Waals surface area contributed by atoms with Crippen LogP contribution in [-0.4, -0.2) is 49.5 Å². The van der Waals surface area contributed by atoms with Gasteiger partial charge in [0.25, 0.3) is 0 Å². The maximum atomic E-state index is 12.7. The molecule has 1 atom stereocenters. The number of amides is 2. The number of halogens is 1. The first kappa shape index (κ1) is 21.9. The number of hydrogen-bond acceptors (Lipinski definition) is 4. The predicted molar refractivity (Wildman–Crippen MR) is 116 cm³/mol. The van der Waals surface area contributed by atoms with Crippen LogP contribution in [-0.2, 0) is 9.59 Å². The fourth-order valence-electron chi connectivity index (χ4n) is 4.30. The molecule has 1 aliphatic carbocycles. The summed E-state index contributed by atoms with van der Waals surface area (Å²) in [6, 6.07) is 3.85. The van der Waals surface area contributed by atoms with E-state index in [0.717, 1.165) is 37.8 Å². The van der Waals surface area contributed by atoms with Crippen LogP contribution in [0.25, 0.3) is 0 Å². The Morgan fingerprint density at radius 1 is 1.17 bits per heavy atom. The van der Waals surface area contributed by atoms with Gasteiger partial charge in [-0.25, -0.2) is 0 Å². The average Bonchev–Trinajstić information content (AvgIpc) is 2.71. The van der Waals surface area contributed by atoms with E-state index >= 15 is 0 Å². The van der Waals surface area contributed by atoms with Gasteiger partial charge >= 0.3 is 0 Å². The zero-order chi connectivity index (χ0) is 20.8. The Morgan fingerprint density at radius 2 is 1.93 bits per heavy atom. The van der Waals surface area contributed by atoms with E-state index < -0.39 is 0 Å². The number of ether oxygens (including phenoxy) is 1. The number of carbonyl (C=O) groups is 2. The number of rotatable bonds is 6. The minimum absolute atomic E-state index is 0.0363. The van der Waals surface area contributed by atoms with Crippen LogP contribution in [0.2, 0.25) is 5.02 Å². The molecule has 1 aromatic carbocycles. The molecule has 160 valence electrons. The molecular weight excluding hydrogens is 390 g/mol. The van der Waals surface area contributed by atoms with Gasteiger partial charge in [0, 0.05) is 23.7 Å². The van der Waals surface area contributed by atoms with Crippen molar-refractivity contribution in [2.45, 2.75) is 57.9 Å². The number of carbonyl (C=O) groups excluding carboxylic acids is 2. The van der Waals surface area contributed by atoms with Crippen LogP contribution in [0.15, 0.2) is 12.1 Å². The highest BCUT2D eigenvalue weighted by atomic mass is 35.5. The molecule has 1 saturated heterocycles. The third kappa shape index (κ3) is 6.09. The molecule has 0 spiro atoms. The molecule has 0 bridgehead atoms. The van der Waals surface area contributed by atoms with Crippen LogP contribution >= 0.6 is 11.6 Å². The number of benzene rings is 1. The number of hydrogen-bond donors (Lipinski definition) is 2. The van der Waals surface area contributed by atoms with E-state index in [0.29, 0.717) is 29.0 Å². The van der Waals surface area contributed by atoms with Crippen molar-refractivity contribution in [3.63, 3.8) is 0 Å². The standard InChI is InChI=1S/C22H32ClN3O3/c1-15-11-19(20(29-2)12-18(15)23)25-21(27)14-26-10-6-7-16(13-26)22(28)24-17-8-4-3-5-9-17/h11-12,16-17H,3-10,13-14H2,1-2H3,(H,24,28)(H,25,27). The second-order valence-electron chi connectivity index (χ2n) is 8.27. The topological polar surface area (TPSA) is 70.7 Å². The highest BCUT2D eigenvalue weighted by Crippen LogP contribution is 2.31. The van der Waals surface area contributed by atoms with Crippen molar-refractivity contribution >= 4 is 29.1 Å². The number of aryl methyl sites for hydroxylation is 1. The third-order valence-electron chi connectivity index (χ3n) is 5.95. The van der Waals surface area contributed by atoms with Crippen molar-refractivity contribution in [2.24, 2.45) is 5.92 Å². The lowest BCUT2D eigenvalue weighted by molar-refractivity contribution is -0.128. The summed E-state index contributed by atoms with van der Waals surface area (Å²) in [5.74, 6) is 0.540. The van der Waals surface area contributed by atoms with Crippen molar-refractivity contribution < 1.29 is 14.3 Å². The van der Waals surface area contributed by atoms with E-state index in [1.807, 2.05) is 13.0 Å². The molecule has 29 heavy (non-hydrogen) atoms. The number of nitrogens with zero attached hydrogens (tertiary/aromatic N) is 1. The Balaban J connectivity index is 1.52. The number of anilines is 1. The first-order chi connectivity index (χ1) is 14.0. The van der Waals surface area contributed by atoms with Crippen molar-refractivity contribution in [1.82, 2.24) is 10.2 Å². The number of piperidine rings is 1. The van der Waals surface area contributed by atoms with Gasteiger partial charge in [0.2, 0.25) is 11.8 Å². The zero-order valence-electron chi connectivity index (χ0n) is 17.4. The Bertz CT molecular complexity index is 734. The van der Waals surface area contributed by atoms with E-state index in [-0.39, 0.29) is 24.3 Å². The second kappa shape index (κ2) is 10.3. The Labute approximate surface area is 178 Å². The van der Waals surface area contributed by atoms with Crippen molar-refractivity contribution in [1.29, 1.82) is 0 Å². The summed E-state index contributed by atoms with van der Waals surface area (Å²) in [6.45, 7) is 3.61. The summed E-state index contributed by atoms with van der Waals surface area (Å²) in [6.07, 6.45) is 7.68. The molecule has 1 saturated carbocycles. The summed E-state index contributed by atoms with van der Waals surface area (Å²) < 4.78 is 5.33. The lowest BCUT2D eigenvalue weighted by atomic mass is 9.93. The molecule has 0 radical (unpaired) electrons. The maximum Gasteiger partial charge on any atom is 0.238 e. The predicted octanol–water partition coefficient (Wildman–Crippen LogP) is 3.76. The van der Waals surface area contributed by atoms with Gasteiger partial charge in [-0.2, -0.15) is 0 Å². The summed E-state index contributed by atoms with van der Waals surface area (Å²) >= 11 is 6.13. The molecule has 0 aromatic heterocycles. The molecular formula is C22H32ClN3O3. The number of likely N-dealkylation sites (tertiary alicyclic amines) is 1. The summed E-state index contributed by atoms with van der Waals surface area (Å²) in [4.78, 5) is 27.3. The minimum atomic E-state index is -0.113. The highest BCUT2D eigenvalue weighted by Gasteiger charge is 2.28. The Hall–Kier alpha value is -1.79. The van der Waals surface area contributed by atoms with Gasteiger partial charge < -0.3 is 15.4 Å². The molecule has 1 aromatic rings. The molecule has 1 unspecified atom stereocenters. The summed E-state index contributed by atoms with van der Waals surface area (Å²) in [7, 11) is 1.55. The molecule has 6 nitrogen and oxygen atoms in total. The summed E-state index contributed by atoms with van der Waals surface area (Å²) in [5, 5.41) is 6.76.